The monoisotopic (exact) mass is 445 g/mol. The van der Waals surface area contributed by atoms with Gasteiger partial charge in [-0.2, -0.15) is 0 Å². The molecule has 32 heavy (non-hydrogen) atoms. The molecule has 1 aliphatic heterocycles. The highest BCUT2D eigenvalue weighted by Gasteiger charge is 2.16. The number of piperazine rings is 1. The summed E-state index contributed by atoms with van der Waals surface area (Å²) in [5.74, 6) is 0. The first kappa shape index (κ1) is 20.9. The lowest BCUT2D eigenvalue weighted by Crippen LogP contribution is -2.43. The number of hydrogen-bond donors (Lipinski definition) is 2. The number of nitrogens with zero attached hydrogens (tertiary/aromatic N) is 1. The standard InChI is InChI=1S/C26H27N3O2S/c30-32(31,23-11-9-20-5-1-2-6-22(20)19-23)28-14-13-21-10-12-26(29-17-15-27-16-18-29)25-8-4-3-7-24(21)25/h1-12,19,27-28H,13-18H2. The molecule has 2 N–H and O–H groups in total. The van der Waals surface area contributed by atoms with Crippen LogP contribution in [-0.4, -0.2) is 41.1 Å². The van der Waals surface area contributed by atoms with Crippen molar-refractivity contribution in [2.24, 2.45) is 0 Å². The van der Waals surface area contributed by atoms with Gasteiger partial charge in [0.1, 0.15) is 0 Å². The van der Waals surface area contributed by atoms with Crippen LogP contribution in [0, 0.1) is 0 Å². The van der Waals surface area contributed by atoms with Crippen molar-refractivity contribution >= 4 is 37.3 Å². The minimum Gasteiger partial charge on any atom is -0.368 e. The Balaban J connectivity index is 1.34. The van der Waals surface area contributed by atoms with Crippen LogP contribution < -0.4 is 14.9 Å². The van der Waals surface area contributed by atoms with Gasteiger partial charge in [-0.1, -0.05) is 60.7 Å². The smallest absolute Gasteiger partial charge is 0.240 e. The Morgan fingerprint density at radius 1 is 0.812 bits per heavy atom. The quantitative estimate of drug-likeness (QED) is 0.472. The second kappa shape index (κ2) is 8.90. The van der Waals surface area contributed by atoms with Gasteiger partial charge in [0.15, 0.2) is 0 Å². The zero-order valence-electron chi connectivity index (χ0n) is 17.9. The number of anilines is 1. The van der Waals surface area contributed by atoms with E-state index < -0.39 is 10.0 Å². The predicted octanol–water partition coefficient (Wildman–Crippen LogP) is 3.92. The van der Waals surface area contributed by atoms with Crippen LogP contribution in [-0.2, 0) is 16.4 Å². The molecule has 0 spiro atoms. The highest BCUT2D eigenvalue weighted by atomic mass is 32.2. The van der Waals surface area contributed by atoms with Gasteiger partial charge in [0, 0.05) is 43.8 Å². The Hall–Kier alpha value is -2.93. The first-order chi connectivity index (χ1) is 15.6. The fourth-order valence-corrected chi connectivity index (χ4v) is 5.55. The Morgan fingerprint density at radius 2 is 1.53 bits per heavy atom. The second-order valence-corrected chi connectivity index (χ2v) is 9.95. The van der Waals surface area contributed by atoms with Gasteiger partial charge >= 0.3 is 0 Å². The third kappa shape index (κ3) is 4.21. The van der Waals surface area contributed by atoms with E-state index in [1.165, 1.54) is 16.5 Å². The van der Waals surface area contributed by atoms with Crippen molar-refractivity contribution < 1.29 is 8.42 Å². The molecule has 4 aromatic carbocycles. The molecular weight excluding hydrogens is 418 g/mol. The van der Waals surface area contributed by atoms with E-state index in [-0.39, 0.29) is 0 Å². The van der Waals surface area contributed by atoms with Gasteiger partial charge in [0.2, 0.25) is 10.0 Å². The molecule has 6 heteroatoms. The van der Waals surface area contributed by atoms with E-state index in [9.17, 15) is 8.42 Å². The van der Waals surface area contributed by atoms with Gasteiger partial charge in [-0.05, 0) is 46.3 Å². The summed E-state index contributed by atoms with van der Waals surface area (Å²) in [7, 11) is -3.57. The summed E-state index contributed by atoms with van der Waals surface area (Å²) in [6.45, 7) is 4.33. The molecule has 4 aromatic rings. The summed E-state index contributed by atoms with van der Waals surface area (Å²) in [5, 5.41) is 7.77. The molecule has 0 radical (unpaired) electrons. The van der Waals surface area contributed by atoms with E-state index in [2.05, 4.69) is 45.3 Å². The van der Waals surface area contributed by atoms with Gasteiger partial charge in [-0.3, -0.25) is 0 Å². The van der Waals surface area contributed by atoms with Crippen molar-refractivity contribution in [3.05, 3.63) is 84.4 Å². The fourth-order valence-electron chi connectivity index (χ4n) is 4.48. The highest BCUT2D eigenvalue weighted by Crippen LogP contribution is 2.30. The van der Waals surface area contributed by atoms with Crippen LogP contribution in [0.2, 0.25) is 0 Å². The van der Waals surface area contributed by atoms with Gasteiger partial charge in [0.05, 0.1) is 4.90 Å². The summed E-state index contributed by atoms with van der Waals surface area (Å²) >= 11 is 0. The van der Waals surface area contributed by atoms with Crippen molar-refractivity contribution in [1.29, 1.82) is 0 Å². The summed E-state index contributed by atoms with van der Waals surface area (Å²) in [6.07, 6.45) is 0.634. The first-order valence-electron chi connectivity index (χ1n) is 11.1. The number of hydrogen-bond acceptors (Lipinski definition) is 4. The van der Waals surface area contributed by atoms with E-state index in [1.807, 2.05) is 36.4 Å². The summed E-state index contributed by atoms with van der Waals surface area (Å²) in [4.78, 5) is 2.72. The molecule has 5 rings (SSSR count). The molecule has 1 fully saturated rings. The molecule has 0 bridgehead atoms. The number of sulfonamides is 1. The summed E-state index contributed by atoms with van der Waals surface area (Å²) in [6, 6.07) is 25.8. The minimum atomic E-state index is -3.57. The molecule has 0 unspecified atom stereocenters. The third-order valence-corrected chi connectivity index (χ3v) is 7.63. The lowest BCUT2D eigenvalue weighted by atomic mass is 10.00. The van der Waals surface area contributed by atoms with E-state index in [1.54, 1.807) is 12.1 Å². The van der Waals surface area contributed by atoms with Gasteiger partial charge in [-0.25, -0.2) is 13.1 Å². The minimum absolute atomic E-state index is 0.301. The van der Waals surface area contributed by atoms with Crippen LogP contribution >= 0.6 is 0 Å². The summed E-state index contributed by atoms with van der Waals surface area (Å²) < 4.78 is 28.5. The topological polar surface area (TPSA) is 61.4 Å². The molecule has 1 aliphatic rings. The van der Waals surface area contributed by atoms with Crippen LogP contribution in [0.5, 0.6) is 0 Å². The second-order valence-electron chi connectivity index (χ2n) is 8.18. The van der Waals surface area contributed by atoms with E-state index in [4.69, 9.17) is 0 Å². The first-order valence-corrected chi connectivity index (χ1v) is 12.5. The largest absolute Gasteiger partial charge is 0.368 e. The van der Waals surface area contributed by atoms with Crippen LogP contribution in [0.15, 0.2) is 83.8 Å². The average Bonchev–Trinajstić information content (AvgIpc) is 2.84. The molecular formula is C26H27N3O2S. The van der Waals surface area contributed by atoms with Crippen molar-refractivity contribution in [2.75, 3.05) is 37.6 Å². The van der Waals surface area contributed by atoms with Crippen molar-refractivity contribution in [3.8, 4) is 0 Å². The number of fused-ring (bicyclic) bond motifs is 2. The Labute approximate surface area is 189 Å². The molecule has 0 aliphatic carbocycles. The predicted molar refractivity (Wildman–Crippen MR) is 132 cm³/mol. The average molecular weight is 446 g/mol. The number of benzene rings is 4. The van der Waals surface area contributed by atoms with Crippen LogP contribution in [0.25, 0.3) is 21.5 Å². The van der Waals surface area contributed by atoms with Gasteiger partial charge in [0.25, 0.3) is 0 Å². The van der Waals surface area contributed by atoms with Crippen LogP contribution in [0.1, 0.15) is 5.56 Å². The molecule has 0 atom stereocenters. The molecule has 1 heterocycles. The molecule has 0 amide bonds. The van der Waals surface area contributed by atoms with E-state index in [0.29, 0.717) is 17.9 Å². The number of rotatable bonds is 6. The SMILES string of the molecule is O=S(=O)(NCCc1ccc(N2CCNCC2)c2ccccc12)c1ccc2ccccc2c1. The molecule has 0 aromatic heterocycles. The third-order valence-electron chi connectivity index (χ3n) is 6.17. The van der Waals surface area contributed by atoms with E-state index >= 15 is 0 Å². The highest BCUT2D eigenvalue weighted by molar-refractivity contribution is 7.89. The Morgan fingerprint density at radius 3 is 2.34 bits per heavy atom. The lowest BCUT2D eigenvalue weighted by Gasteiger charge is -2.30. The maximum Gasteiger partial charge on any atom is 0.240 e. The molecule has 164 valence electrons. The molecule has 0 saturated carbocycles. The lowest BCUT2D eigenvalue weighted by molar-refractivity contribution is 0.582. The van der Waals surface area contributed by atoms with Crippen LogP contribution in [0.4, 0.5) is 5.69 Å². The molecule has 5 nitrogen and oxygen atoms in total. The van der Waals surface area contributed by atoms with Gasteiger partial charge in [-0.15, -0.1) is 0 Å². The fraction of sp³-hybridized carbons (Fsp3) is 0.231. The maximum absolute atomic E-state index is 12.9. The zero-order valence-corrected chi connectivity index (χ0v) is 18.7. The number of nitrogens with one attached hydrogen (secondary N) is 2. The van der Waals surface area contributed by atoms with Crippen molar-refractivity contribution in [2.45, 2.75) is 11.3 Å². The Kier molecular flexibility index (Phi) is 5.83. The van der Waals surface area contributed by atoms with E-state index in [0.717, 1.165) is 42.5 Å². The Bertz CT molecular complexity index is 1360. The van der Waals surface area contributed by atoms with Crippen LogP contribution in [0.3, 0.4) is 0 Å². The van der Waals surface area contributed by atoms with Crippen molar-refractivity contribution in [1.82, 2.24) is 10.0 Å². The zero-order chi connectivity index (χ0) is 22.0. The van der Waals surface area contributed by atoms with Crippen molar-refractivity contribution in [3.63, 3.8) is 0 Å². The maximum atomic E-state index is 12.9. The summed E-state index contributed by atoms with van der Waals surface area (Å²) in [5.41, 5.74) is 2.41. The van der Waals surface area contributed by atoms with Gasteiger partial charge < -0.3 is 10.2 Å². The molecule has 1 saturated heterocycles. The normalized spacial score (nSPS) is 14.8.